The van der Waals surface area contributed by atoms with Gasteiger partial charge in [-0.25, -0.2) is 13.1 Å². The Morgan fingerprint density at radius 1 is 1.22 bits per heavy atom. The maximum absolute atomic E-state index is 13.0. The van der Waals surface area contributed by atoms with Gasteiger partial charge in [0, 0.05) is 22.4 Å². The van der Waals surface area contributed by atoms with Gasteiger partial charge in [-0.2, -0.15) is 5.10 Å². The highest BCUT2D eigenvalue weighted by molar-refractivity contribution is 7.91. The molecule has 3 heterocycles. The minimum absolute atomic E-state index is 0.0542. The summed E-state index contributed by atoms with van der Waals surface area (Å²) in [5, 5.41) is 8.67. The Balaban J connectivity index is 1.40. The zero-order valence-electron chi connectivity index (χ0n) is 18.8. The molecule has 5 rings (SSSR count). The molecule has 1 aliphatic carbocycles. The Morgan fingerprint density at radius 2 is 1.97 bits per heavy atom. The number of sulfone groups is 1. The number of nitrogens with one attached hydrogen (secondary N) is 1. The van der Waals surface area contributed by atoms with E-state index in [1.807, 2.05) is 26.8 Å². The van der Waals surface area contributed by atoms with Crippen LogP contribution in [-0.4, -0.2) is 35.6 Å². The number of hydrogen-bond donors (Lipinski definition) is 1. The van der Waals surface area contributed by atoms with Crippen molar-refractivity contribution >= 4 is 32.5 Å². The van der Waals surface area contributed by atoms with Crippen molar-refractivity contribution in [1.82, 2.24) is 9.78 Å². The van der Waals surface area contributed by atoms with E-state index in [9.17, 15) is 13.2 Å². The first kappa shape index (κ1) is 21.2. The second-order valence-corrected chi connectivity index (χ2v) is 12.4. The molecule has 2 aromatic heterocycles. The van der Waals surface area contributed by atoms with E-state index < -0.39 is 9.84 Å². The lowest BCUT2D eigenvalue weighted by Crippen LogP contribution is -2.21. The molecule has 1 aromatic carbocycles. The number of anilines is 1. The first-order chi connectivity index (χ1) is 15.1. The second-order valence-electron chi connectivity index (χ2n) is 10.1. The summed E-state index contributed by atoms with van der Waals surface area (Å²) in [6, 6.07) is 5.87. The van der Waals surface area contributed by atoms with Crippen LogP contribution in [0.3, 0.4) is 0 Å². The third-order valence-corrected chi connectivity index (χ3v) is 8.30. The zero-order chi connectivity index (χ0) is 22.7. The van der Waals surface area contributed by atoms with Gasteiger partial charge in [-0.15, -0.1) is 0 Å². The van der Waals surface area contributed by atoms with Gasteiger partial charge in [-0.05, 0) is 48.9 Å². The Kier molecular flexibility index (Phi) is 4.96. The number of aryl methyl sites for hydroxylation is 2. The van der Waals surface area contributed by atoms with Crippen molar-refractivity contribution in [2.24, 2.45) is 0 Å². The second kappa shape index (κ2) is 7.47. The number of aromatic nitrogens is 2. The average Bonchev–Trinajstić information content (AvgIpc) is 3.46. The van der Waals surface area contributed by atoms with Gasteiger partial charge in [0.2, 0.25) is 5.91 Å². The molecule has 1 aliphatic heterocycles. The SMILES string of the molecule is CC(C)(C)c1cc(NC(=O)Cc2coc3cc4c(cc23)CCC4)n(C2CCS(=O)(=O)C2)n1. The van der Waals surface area contributed by atoms with Crippen LogP contribution < -0.4 is 5.32 Å². The van der Waals surface area contributed by atoms with E-state index in [0.717, 1.165) is 41.5 Å². The molecule has 0 radical (unpaired) electrons. The molecule has 0 bridgehead atoms. The van der Waals surface area contributed by atoms with Crippen LogP contribution in [0.15, 0.2) is 28.9 Å². The van der Waals surface area contributed by atoms with Gasteiger partial charge in [0.15, 0.2) is 9.84 Å². The predicted octanol–water partition coefficient (Wildman–Crippen LogP) is 3.96. The Labute approximate surface area is 188 Å². The van der Waals surface area contributed by atoms with E-state index >= 15 is 0 Å². The van der Waals surface area contributed by atoms with Gasteiger partial charge in [-0.1, -0.05) is 20.8 Å². The highest BCUT2D eigenvalue weighted by Gasteiger charge is 2.33. The molecule has 1 unspecified atom stereocenters. The molecule has 3 aromatic rings. The molecule has 2 aliphatic rings. The summed E-state index contributed by atoms with van der Waals surface area (Å²) in [6.45, 7) is 6.15. The fourth-order valence-electron chi connectivity index (χ4n) is 4.75. The highest BCUT2D eigenvalue weighted by Crippen LogP contribution is 2.32. The number of benzene rings is 1. The lowest BCUT2D eigenvalue weighted by atomic mass is 9.92. The van der Waals surface area contributed by atoms with Crippen molar-refractivity contribution in [2.75, 3.05) is 16.8 Å². The lowest BCUT2D eigenvalue weighted by molar-refractivity contribution is -0.115. The van der Waals surface area contributed by atoms with Crippen LogP contribution in [0.25, 0.3) is 11.0 Å². The smallest absolute Gasteiger partial charge is 0.230 e. The van der Waals surface area contributed by atoms with E-state index in [2.05, 4.69) is 22.5 Å². The molecule has 7 nitrogen and oxygen atoms in total. The summed E-state index contributed by atoms with van der Waals surface area (Å²) >= 11 is 0. The Morgan fingerprint density at radius 3 is 2.66 bits per heavy atom. The number of carbonyl (C=O) groups excluding carboxylic acids is 1. The molecule has 0 spiro atoms. The molecule has 170 valence electrons. The van der Waals surface area contributed by atoms with E-state index in [1.54, 1.807) is 10.9 Å². The minimum Gasteiger partial charge on any atom is -0.464 e. The molecule has 0 saturated carbocycles. The number of fused-ring (bicyclic) bond motifs is 2. The first-order valence-corrected chi connectivity index (χ1v) is 13.0. The third kappa shape index (κ3) is 3.96. The number of nitrogens with zero attached hydrogens (tertiary/aromatic N) is 2. The molecule has 1 atom stereocenters. The van der Waals surface area contributed by atoms with Crippen molar-refractivity contribution in [3.05, 3.63) is 46.8 Å². The summed E-state index contributed by atoms with van der Waals surface area (Å²) in [5.41, 5.74) is 4.97. The van der Waals surface area contributed by atoms with Crippen LogP contribution in [0.5, 0.6) is 0 Å². The zero-order valence-corrected chi connectivity index (χ0v) is 19.6. The molecule has 8 heteroatoms. The van der Waals surface area contributed by atoms with Gasteiger partial charge in [0.1, 0.15) is 11.4 Å². The number of amides is 1. The quantitative estimate of drug-likeness (QED) is 0.643. The molecule has 32 heavy (non-hydrogen) atoms. The van der Waals surface area contributed by atoms with Crippen LogP contribution in [0, 0.1) is 0 Å². The van der Waals surface area contributed by atoms with E-state index in [0.29, 0.717) is 12.2 Å². The van der Waals surface area contributed by atoms with E-state index in [-0.39, 0.29) is 35.3 Å². The van der Waals surface area contributed by atoms with Gasteiger partial charge < -0.3 is 9.73 Å². The Bertz CT molecular complexity index is 1310. The van der Waals surface area contributed by atoms with E-state index in [1.165, 1.54) is 11.1 Å². The number of carbonyl (C=O) groups is 1. The maximum atomic E-state index is 13.0. The summed E-state index contributed by atoms with van der Waals surface area (Å²) in [7, 11) is -3.07. The van der Waals surface area contributed by atoms with Gasteiger partial charge in [-0.3, -0.25) is 4.79 Å². The van der Waals surface area contributed by atoms with Gasteiger partial charge >= 0.3 is 0 Å². The molecule has 1 saturated heterocycles. The monoisotopic (exact) mass is 455 g/mol. The van der Waals surface area contributed by atoms with Crippen LogP contribution >= 0.6 is 0 Å². The van der Waals surface area contributed by atoms with Crippen LogP contribution in [-0.2, 0) is 39.3 Å². The maximum Gasteiger partial charge on any atom is 0.230 e. The average molecular weight is 456 g/mol. The standard InChI is InChI=1S/C24H29N3O4S/c1-24(2,3)21-12-22(27(26-21)18-7-8-32(29,30)14-18)25-23(28)11-17-13-31-20-10-16-6-4-5-15(16)9-19(17)20/h9-10,12-13,18H,4-8,11,14H2,1-3H3,(H,25,28). The largest absolute Gasteiger partial charge is 0.464 e. The topological polar surface area (TPSA) is 94.2 Å². The number of hydrogen-bond acceptors (Lipinski definition) is 5. The molecular formula is C24H29N3O4S. The van der Waals surface area contributed by atoms with Crippen LogP contribution in [0.4, 0.5) is 5.82 Å². The molecular weight excluding hydrogens is 426 g/mol. The van der Waals surface area contributed by atoms with Crippen LogP contribution in [0.2, 0.25) is 0 Å². The van der Waals surface area contributed by atoms with Crippen LogP contribution in [0.1, 0.15) is 62.0 Å². The van der Waals surface area contributed by atoms with Crippen molar-refractivity contribution in [3.8, 4) is 0 Å². The van der Waals surface area contributed by atoms with E-state index in [4.69, 9.17) is 4.42 Å². The highest BCUT2D eigenvalue weighted by atomic mass is 32.2. The summed E-state index contributed by atoms with van der Waals surface area (Å²) in [4.78, 5) is 13.0. The number of rotatable bonds is 4. The minimum atomic E-state index is -3.07. The van der Waals surface area contributed by atoms with Crippen molar-refractivity contribution in [1.29, 1.82) is 0 Å². The third-order valence-electron chi connectivity index (χ3n) is 6.55. The number of furan rings is 1. The fourth-order valence-corrected chi connectivity index (χ4v) is 6.44. The van der Waals surface area contributed by atoms with Crippen molar-refractivity contribution in [3.63, 3.8) is 0 Å². The molecule has 1 amide bonds. The fraction of sp³-hybridized carbons (Fsp3) is 0.500. The summed E-state index contributed by atoms with van der Waals surface area (Å²) in [5.74, 6) is 0.589. The molecule has 1 fully saturated rings. The molecule has 1 N–H and O–H groups in total. The van der Waals surface area contributed by atoms with Gasteiger partial charge in [0.05, 0.1) is 35.9 Å². The normalized spacial score (nSPS) is 20.0. The summed E-state index contributed by atoms with van der Waals surface area (Å²) in [6.07, 6.45) is 5.67. The van der Waals surface area contributed by atoms with Crippen molar-refractivity contribution in [2.45, 2.75) is 64.3 Å². The summed E-state index contributed by atoms with van der Waals surface area (Å²) < 4.78 is 31.5. The predicted molar refractivity (Wildman–Crippen MR) is 124 cm³/mol. The van der Waals surface area contributed by atoms with Crippen molar-refractivity contribution < 1.29 is 17.6 Å². The van der Waals surface area contributed by atoms with Gasteiger partial charge in [0.25, 0.3) is 0 Å². The lowest BCUT2D eigenvalue weighted by Gasteiger charge is -2.15. The Hall–Kier alpha value is -2.61. The first-order valence-electron chi connectivity index (χ1n) is 11.2.